The van der Waals surface area contributed by atoms with Gasteiger partial charge in [0.2, 0.25) is 5.75 Å². The summed E-state index contributed by atoms with van der Waals surface area (Å²) in [5.41, 5.74) is 0. The molecule has 0 amide bonds. The van der Waals surface area contributed by atoms with Crippen LogP contribution in [-0.2, 0) is 4.79 Å². The van der Waals surface area contributed by atoms with Crippen LogP contribution in [-0.4, -0.2) is 33.9 Å². The highest BCUT2D eigenvalue weighted by atomic mass is 16.6. The van der Waals surface area contributed by atoms with Gasteiger partial charge in [0.1, 0.15) is 11.5 Å². The van der Waals surface area contributed by atoms with Crippen LogP contribution in [0.25, 0.3) is 0 Å². The molecule has 0 aromatic heterocycles. The number of benzene rings is 2. The zero-order valence-corrected chi connectivity index (χ0v) is 13.2. The van der Waals surface area contributed by atoms with E-state index < -0.39 is 5.97 Å². The fourth-order valence-corrected chi connectivity index (χ4v) is 1.88. The zero-order chi connectivity index (χ0) is 16.7. The topological polar surface area (TPSA) is 63.2 Å². The van der Waals surface area contributed by atoms with Crippen molar-refractivity contribution in [2.45, 2.75) is 0 Å². The third-order valence-electron chi connectivity index (χ3n) is 3.01. The monoisotopic (exact) mass is 318 g/mol. The number of ether oxygens (including phenoxy) is 5. The summed E-state index contributed by atoms with van der Waals surface area (Å²) in [6, 6.07) is 12.0. The van der Waals surface area contributed by atoms with Crippen LogP contribution in [0, 0.1) is 0 Å². The minimum absolute atomic E-state index is 0.223. The first-order valence-corrected chi connectivity index (χ1v) is 6.86. The first-order valence-electron chi connectivity index (χ1n) is 6.86. The molecule has 0 bridgehead atoms. The Kier molecular flexibility index (Phi) is 5.68. The third kappa shape index (κ3) is 4.29. The smallest absolute Gasteiger partial charge is 0.349 e. The van der Waals surface area contributed by atoms with Crippen molar-refractivity contribution in [3.63, 3.8) is 0 Å². The Balaban J connectivity index is 1.99. The Hall–Kier alpha value is -2.89. The first kappa shape index (κ1) is 16.5. The van der Waals surface area contributed by atoms with E-state index in [0.717, 1.165) is 0 Å². The summed E-state index contributed by atoms with van der Waals surface area (Å²) in [7, 11) is 4.55. The molecule has 0 N–H and O–H groups in total. The van der Waals surface area contributed by atoms with Gasteiger partial charge in [0.15, 0.2) is 18.1 Å². The number of rotatable bonds is 7. The van der Waals surface area contributed by atoms with E-state index in [0.29, 0.717) is 23.0 Å². The minimum Gasteiger partial charge on any atom is -0.497 e. The second-order valence-electron chi connectivity index (χ2n) is 4.43. The molecule has 2 aromatic carbocycles. The summed E-state index contributed by atoms with van der Waals surface area (Å²) in [6.07, 6.45) is 0. The molecule has 0 fully saturated rings. The van der Waals surface area contributed by atoms with Gasteiger partial charge in [-0.3, -0.25) is 0 Å². The number of esters is 1. The van der Waals surface area contributed by atoms with E-state index >= 15 is 0 Å². The zero-order valence-electron chi connectivity index (χ0n) is 13.2. The maximum absolute atomic E-state index is 12.0. The van der Waals surface area contributed by atoms with E-state index in [1.807, 2.05) is 0 Å². The Morgan fingerprint density at radius 3 is 1.91 bits per heavy atom. The van der Waals surface area contributed by atoms with E-state index in [9.17, 15) is 4.79 Å². The van der Waals surface area contributed by atoms with E-state index in [1.165, 1.54) is 14.2 Å². The van der Waals surface area contributed by atoms with Crippen molar-refractivity contribution in [2.24, 2.45) is 0 Å². The molecule has 0 aliphatic carbocycles. The van der Waals surface area contributed by atoms with Crippen LogP contribution >= 0.6 is 0 Å². The molecule has 0 aliphatic rings. The maximum Gasteiger partial charge on any atom is 0.349 e. The summed E-state index contributed by atoms with van der Waals surface area (Å²) in [4.78, 5) is 12.0. The standard InChI is InChI=1S/C17H18O6/c1-19-12-7-9-13(10-8-12)22-11-16(18)23-17-14(20-2)5-4-6-15(17)21-3/h4-10H,11H2,1-3H3. The van der Waals surface area contributed by atoms with Gasteiger partial charge >= 0.3 is 5.97 Å². The average molecular weight is 318 g/mol. The van der Waals surface area contributed by atoms with Crippen molar-refractivity contribution in [3.8, 4) is 28.7 Å². The van der Waals surface area contributed by atoms with Crippen molar-refractivity contribution < 1.29 is 28.5 Å². The number of carbonyl (C=O) groups is 1. The summed E-state index contributed by atoms with van der Waals surface area (Å²) < 4.78 is 26.0. The second kappa shape index (κ2) is 7.93. The molecule has 23 heavy (non-hydrogen) atoms. The van der Waals surface area contributed by atoms with Gasteiger partial charge in [-0.05, 0) is 36.4 Å². The molecule has 0 unspecified atom stereocenters. The highest BCUT2D eigenvalue weighted by Gasteiger charge is 2.16. The molecule has 0 radical (unpaired) electrons. The summed E-state index contributed by atoms with van der Waals surface area (Å²) in [5.74, 6) is 1.71. The lowest BCUT2D eigenvalue weighted by molar-refractivity contribution is -0.136. The van der Waals surface area contributed by atoms with Crippen molar-refractivity contribution in [2.75, 3.05) is 27.9 Å². The fraction of sp³-hybridized carbons (Fsp3) is 0.235. The van der Waals surface area contributed by atoms with Crippen LogP contribution in [0.1, 0.15) is 0 Å². The molecule has 0 spiro atoms. The summed E-state index contributed by atoms with van der Waals surface area (Å²) >= 11 is 0. The first-order chi connectivity index (χ1) is 11.2. The average Bonchev–Trinajstić information content (AvgIpc) is 2.60. The Morgan fingerprint density at radius 2 is 1.39 bits per heavy atom. The van der Waals surface area contributed by atoms with Crippen LogP contribution in [0.2, 0.25) is 0 Å². The quantitative estimate of drug-likeness (QED) is 0.578. The molecule has 0 saturated carbocycles. The normalized spacial score (nSPS) is 9.87. The molecule has 2 aromatic rings. The van der Waals surface area contributed by atoms with Gasteiger partial charge in [-0.2, -0.15) is 0 Å². The minimum atomic E-state index is -0.566. The van der Waals surface area contributed by atoms with Crippen LogP contribution in [0.5, 0.6) is 28.7 Å². The molecule has 6 nitrogen and oxygen atoms in total. The fourth-order valence-electron chi connectivity index (χ4n) is 1.88. The van der Waals surface area contributed by atoms with Crippen molar-refractivity contribution >= 4 is 5.97 Å². The van der Waals surface area contributed by atoms with E-state index in [2.05, 4.69) is 0 Å². The SMILES string of the molecule is COc1ccc(OCC(=O)Oc2c(OC)cccc2OC)cc1. The lowest BCUT2D eigenvalue weighted by Gasteiger charge is -2.13. The predicted molar refractivity (Wildman–Crippen MR) is 83.7 cm³/mol. The Bertz CT molecular complexity index is 628. The molecule has 2 rings (SSSR count). The Labute approximate surface area is 134 Å². The lowest BCUT2D eigenvalue weighted by atomic mass is 10.3. The largest absolute Gasteiger partial charge is 0.497 e. The second-order valence-corrected chi connectivity index (χ2v) is 4.43. The molecule has 0 atom stereocenters. The molecule has 0 aliphatic heterocycles. The predicted octanol–water partition coefficient (Wildman–Crippen LogP) is 2.70. The summed E-state index contributed by atoms with van der Waals surface area (Å²) in [5, 5.41) is 0. The van der Waals surface area contributed by atoms with Gasteiger partial charge in [0.05, 0.1) is 21.3 Å². The van der Waals surface area contributed by atoms with Gasteiger partial charge < -0.3 is 23.7 Å². The van der Waals surface area contributed by atoms with Gasteiger partial charge in [0.25, 0.3) is 0 Å². The molecular weight excluding hydrogens is 300 g/mol. The number of hydrogen-bond donors (Lipinski definition) is 0. The number of carbonyl (C=O) groups excluding carboxylic acids is 1. The van der Waals surface area contributed by atoms with E-state index in [-0.39, 0.29) is 12.4 Å². The molecule has 0 heterocycles. The van der Waals surface area contributed by atoms with Crippen molar-refractivity contribution in [1.82, 2.24) is 0 Å². The summed E-state index contributed by atoms with van der Waals surface area (Å²) in [6.45, 7) is -0.243. The van der Waals surface area contributed by atoms with Gasteiger partial charge in [-0.1, -0.05) is 6.07 Å². The molecule has 6 heteroatoms. The number of methoxy groups -OCH3 is 3. The number of hydrogen-bond acceptors (Lipinski definition) is 6. The highest BCUT2D eigenvalue weighted by Crippen LogP contribution is 2.36. The van der Waals surface area contributed by atoms with Crippen molar-refractivity contribution in [1.29, 1.82) is 0 Å². The maximum atomic E-state index is 12.0. The third-order valence-corrected chi connectivity index (χ3v) is 3.01. The lowest BCUT2D eigenvalue weighted by Crippen LogP contribution is -2.18. The van der Waals surface area contributed by atoms with Crippen LogP contribution in [0.3, 0.4) is 0 Å². The van der Waals surface area contributed by atoms with Crippen LogP contribution < -0.4 is 23.7 Å². The van der Waals surface area contributed by atoms with Crippen LogP contribution in [0.15, 0.2) is 42.5 Å². The molecule has 0 saturated heterocycles. The van der Waals surface area contributed by atoms with E-state index in [1.54, 1.807) is 49.6 Å². The van der Waals surface area contributed by atoms with Gasteiger partial charge in [-0.15, -0.1) is 0 Å². The molecule has 122 valence electrons. The number of para-hydroxylation sites is 1. The molecular formula is C17H18O6. The Morgan fingerprint density at radius 1 is 0.826 bits per heavy atom. The van der Waals surface area contributed by atoms with Crippen LogP contribution in [0.4, 0.5) is 0 Å². The highest BCUT2D eigenvalue weighted by molar-refractivity contribution is 5.76. The van der Waals surface area contributed by atoms with Gasteiger partial charge in [0, 0.05) is 0 Å². The van der Waals surface area contributed by atoms with Crippen molar-refractivity contribution in [3.05, 3.63) is 42.5 Å². The van der Waals surface area contributed by atoms with E-state index in [4.69, 9.17) is 23.7 Å². The van der Waals surface area contributed by atoms with Gasteiger partial charge in [-0.25, -0.2) is 4.79 Å².